The van der Waals surface area contributed by atoms with Crippen molar-refractivity contribution >= 4 is 16.6 Å². The molecule has 0 bridgehead atoms. The molecule has 0 saturated carbocycles. The second-order valence-electron chi connectivity index (χ2n) is 6.04. The molecule has 0 radical (unpaired) electrons. The average molecular weight is 284 g/mol. The molecule has 1 N–H and O–H groups in total. The predicted molar refractivity (Wildman–Crippen MR) is 87.5 cm³/mol. The van der Waals surface area contributed by atoms with Crippen molar-refractivity contribution < 1.29 is 5.11 Å². The number of aromatic nitrogens is 1. The summed E-state index contributed by atoms with van der Waals surface area (Å²) in [6, 6.07) is 10.3. The molecular formula is C18H24N2O. The minimum atomic E-state index is 0.00410. The minimum Gasteiger partial charge on any atom is -0.390 e. The number of piperidine rings is 1. The summed E-state index contributed by atoms with van der Waals surface area (Å²) in [7, 11) is 0. The fourth-order valence-corrected chi connectivity index (χ4v) is 3.40. The Morgan fingerprint density at radius 1 is 1.24 bits per heavy atom. The second kappa shape index (κ2) is 6.44. The molecule has 0 unspecified atom stereocenters. The Balaban J connectivity index is 1.89. The van der Waals surface area contributed by atoms with Gasteiger partial charge in [0.05, 0.1) is 12.3 Å². The highest BCUT2D eigenvalue weighted by molar-refractivity contribution is 5.92. The number of aliphatic hydroxyl groups excluding tert-OH is 1. The fourth-order valence-electron chi connectivity index (χ4n) is 3.40. The van der Waals surface area contributed by atoms with Crippen molar-refractivity contribution in [3.63, 3.8) is 0 Å². The van der Waals surface area contributed by atoms with E-state index in [2.05, 4.69) is 30.0 Å². The zero-order valence-electron chi connectivity index (χ0n) is 12.8. The predicted octanol–water partition coefficient (Wildman–Crippen LogP) is 3.74. The number of hydrogen-bond acceptors (Lipinski definition) is 3. The van der Waals surface area contributed by atoms with Gasteiger partial charge in [-0.05, 0) is 30.2 Å². The molecule has 112 valence electrons. The third-order valence-electron chi connectivity index (χ3n) is 4.55. The lowest BCUT2D eigenvalue weighted by Crippen LogP contribution is -2.34. The van der Waals surface area contributed by atoms with Crippen LogP contribution in [0.2, 0.25) is 0 Å². The van der Waals surface area contributed by atoms with E-state index >= 15 is 0 Å². The SMILES string of the molecule is CCCC1CCN(c2nc(CO)cc3ccccc23)CC1. The van der Waals surface area contributed by atoms with Gasteiger partial charge in [0.25, 0.3) is 0 Å². The molecule has 21 heavy (non-hydrogen) atoms. The van der Waals surface area contributed by atoms with Gasteiger partial charge in [0.2, 0.25) is 0 Å². The molecule has 0 spiro atoms. The summed E-state index contributed by atoms with van der Waals surface area (Å²) in [5.41, 5.74) is 0.763. The lowest BCUT2D eigenvalue weighted by Gasteiger charge is -2.33. The first-order valence-electron chi connectivity index (χ1n) is 8.06. The molecule has 1 fully saturated rings. The number of anilines is 1. The molecule has 0 atom stereocenters. The highest BCUT2D eigenvalue weighted by atomic mass is 16.3. The Kier molecular flexibility index (Phi) is 4.39. The highest BCUT2D eigenvalue weighted by Gasteiger charge is 2.21. The largest absolute Gasteiger partial charge is 0.390 e. The van der Waals surface area contributed by atoms with Crippen molar-refractivity contribution in [2.45, 2.75) is 39.2 Å². The Morgan fingerprint density at radius 2 is 2.00 bits per heavy atom. The number of aliphatic hydroxyl groups is 1. The molecule has 0 amide bonds. The van der Waals surface area contributed by atoms with Gasteiger partial charge in [-0.2, -0.15) is 0 Å². The summed E-state index contributed by atoms with van der Waals surface area (Å²) in [5, 5.41) is 11.8. The quantitative estimate of drug-likeness (QED) is 0.929. The summed E-state index contributed by atoms with van der Waals surface area (Å²) in [6.07, 6.45) is 5.14. The van der Waals surface area contributed by atoms with Gasteiger partial charge in [-0.25, -0.2) is 4.98 Å². The topological polar surface area (TPSA) is 36.4 Å². The highest BCUT2D eigenvalue weighted by Crippen LogP contribution is 2.30. The van der Waals surface area contributed by atoms with Crippen LogP contribution in [0.4, 0.5) is 5.82 Å². The van der Waals surface area contributed by atoms with Crippen LogP contribution in [0.3, 0.4) is 0 Å². The smallest absolute Gasteiger partial charge is 0.136 e. The molecule has 1 aromatic heterocycles. The van der Waals surface area contributed by atoms with E-state index in [0.29, 0.717) is 0 Å². The maximum absolute atomic E-state index is 9.45. The fraction of sp³-hybridized carbons (Fsp3) is 0.500. The third kappa shape index (κ3) is 3.03. The van der Waals surface area contributed by atoms with Crippen LogP contribution in [-0.4, -0.2) is 23.2 Å². The zero-order valence-corrected chi connectivity index (χ0v) is 12.8. The summed E-state index contributed by atoms with van der Waals surface area (Å²) in [6.45, 7) is 4.43. The van der Waals surface area contributed by atoms with E-state index < -0.39 is 0 Å². The average Bonchev–Trinajstić information content (AvgIpc) is 2.55. The van der Waals surface area contributed by atoms with Crippen LogP contribution in [0, 0.1) is 5.92 Å². The van der Waals surface area contributed by atoms with Crippen molar-refractivity contribution in [2.24, 2.45) is 5.92 Å². The van der Waals surface area contributed by atoms with E-state index in [1.807, 2.05) is 12.1 Å². The molecule has 0 aliphatic carbocycles. The molecule has 1 aliphatic rings. The summed E-state index contributed by atoms with van der Waals surface area (Å²) >= 11 is 0. The van der Waals surface area contributed by atoms with E-state index in [0.717, 1.165) is 30.5 Å². The first kappa shape index (κ1) is 14.3. The number of nitrogens with zero attached hydrogens (tertiary/aromatic N) is 2. The van der Waals surface area contributed by atoms with Crippen molar-refractivity contribution in [2.75, 3.05) is 18.0 Å². The zero-order chi connectivity index (χ0) is 14.7. The molecule has 3 nitrogen and oxygen atoms in total. The molecule has 1 aromatic carbocycles. The van der Waals surface area contributed by atoms with Gasteiger partial charge in [-0.15, -0.1) is 0 Å². The van der Waals surface area contributed by atoms with Crippen molar-refractivity contribution in [1.82, 2.24) is 4.98 Å². The molecule has 2 heterocycles. The summed E-state index contributed by atoms with van der Waals surface area (Å²) in [5.74, 6) is 1.92. The number of rotatable bonds is 4. The Labute approximate surface area is 126 Å². The lowest BCUT2D eigenvalue weighted by atomic mass is 9.92. The monoisotopic (exact) mass is 284 g/mol. The first-order valence-corrected chi connectivity index (χ1v) is 8.06. The van der Waals surface area contributed by atoms with E-state index in [1.165, 1.54) is 36.5 Å². The van der Waals surface area contributed by atoms with Crippen LogP contribution in [0.5, 0.6) is 0 Å². The van der Waals surface area contributed by atoms with E-state index in [4.69, 9.17) is 4.98 Å². The minimum absolute atomic E-state index is 0.00410. The van der Waals surface area contributed by atoms with Gasteiger partial charge in [0.1, 0.15) is 5.82 Å². The van der Waals surface area contributed by atoms with Gasteiger partial charge in [-0.3, -0.25) is 0 Å². The van der Waals surface area contributed by atoms with Crippen LogP contribution in [0.25, 0.3) is 10.8 Å². The van der Waals surface area contributed by atoms with Crippen LogP contribution >= 0.6 is 0 Å². The Bertz CT molecular complexity index is 603. The van der Waals surface area contributed by atoms with Crippen LogP contribution in [0.1, 0.15) is 38.3 Å². The third-order valence-corrected chi connectivity index (χ3v) is 4.55. The molecular weight excluding hydrogens is 260 g/mol. The summed E-state index contributed by atoms with van der Waals surface area (Å²) < 4.78 is 0. The number of hydrogen-bond donors (Lipinski definition) is 1. The van der Waals surface area contributed by atoms with Crippen LogP contribution in [-0.2, 0) is 6.61 Å². The number of benzene rings is 1. The van der Waals surface area contributed by atoms with E-state index in [9.17, 15) is 5.11 Å². The number of fused-ring (bicyclic) bond motifs is 1. The summed E-state index contributed by atoms with van der Waals surface area (Å²) in [4.78, 5) is 7.09. The molecule has 3 heteroatoms. The van der Waals surface area contributed by atoms with Crippen molar-refractivity contribution in [3.8, 4) is 0 Å². The maximum atomic E-state index is 9.45. The second-order valence-corrected chi connectivity index (χ2v) is 6.04. The van der Waals surface area contributed by atoms with Gasteiger partial charge in [-0.1, -0.05) is 44.0 Å². The number of pyridine rings is 1. The van der Waals surface area contributed by atoms with E-state index in [-0.39, 0.29) is 6.61 Å². The van der Waals surface area contributed by atoms with Gasteiger partial charge in [0.15, 0.2) is 0 Å². The van der Waals surface area contributed by atoms with Crippen LogP contribution < -0.4 is 4.90 Å². The molecule has 3 rings (SSSR count). The molecule has 2 aromatic rings. The normalized spacial score (nSPS) is 16.6. The Morgan fingerprint density at radius 3 is 2.71 bits per heavy atom. The maximum Gasteiger partial charge on any atom is 0.136 e. The van der Waals surface area contributed by atoms with Gasteiger partial charge < -0.3 is 10.0 Å². The van der Waals surface area contributed by atoms with Crippen molar-refractivity contribution in [3.05, 3.63) is 36.0 Å². The lowest BCUT2D eigenvalue weighted by molar-refractivity contribution is 0.277. The van der Waals surface area contributed by atoms with Crippen LogP contribution in [0.15, 0.2) is 30.3 Å². The van der Waals surface area contributed by atoms with Crippen molar-refractivity contribution in [1.29, 1.82) is 0 Å². The van der Waals surface area contributed by atoms with Gasteiger partial charge in [0, 0.05) is 18.5 Å². The first-order chi connectivity index (χ1) is 10.3. The molecule has 1 aliphatic heterocycles. The van der Waals surface area contributed by atoms with Gasteiger partial charge >= 0.3 is 0 Å². The molecule has 1 saturated heterocycles. The van der Waals surface area contributed by atoms with E-state index in [1.54, 1.807) is 0 Å². The Hall–Kier alpha value is -1.61. The standard InChI is InChI=1S/C18H24N2O/c1-2-5-14-8-10-20(11-9-14)18-17-7-4-3-6-15(17)12-16(13-21)19-18/h3-4,6-7,12,14,21H,2,5,8-11,13H2,1H3.